The number of hydrogen-bond acceptors (Lipinski definition) is 5. The van der Waals surface area contributed by atoms with E-state index < -0.39 is 21.7 Å². The average Bonchev–Trinajstić information content (AvgIpc) is 2.86. The minimum absolute atomic E-state index is 0.00869. The predicted octanol–water partition coefficient (Wildman–Crippen LogP) is 5.44. The number of sulfonamides is 1. The lowest BCUT2D eigenvalue weighted by molar-refractivity contribution is -0.118. The molecule has 0 fully saturated rings. The molecule has 0 unspecified atom stereocenters. The van der Waals surface area contributed by atoms with Gasteiger partial charge in [0.05, 0.1) is 10.6 Å². The van der Waals surface area contributed by atoms with Crippen LogP contribution in [0.4, 0.5) is 15.8 Å². The van der Waals surface area contributed by atoms with Gasteiger partial charge in [0, 0.05) is 5.69 Å². The van der Waals surface area contributed by atoms with Crippen LogP contribution >= 0.6 is 0 Å². The molecule has 0 radical (unpaired) electrons. The quantitative estimate of drug-likeness (QED) is 0.325. The zero-order valence-corrected chi connectivity index (χ0v) is 19.2. The van der Waals surface area contributed by atoms with Gasteiger partial charge in [0.15, 0.2) is 12.4 Å². The molecular weight excluding hydrogens is 471 g/mol. The molecule has 35 heavy (non-hydrogen) atoms. The molecule has 0 aliphatic carbocycles. The third kappa shape index (κ3) is 6.58. The van der Waals surface area contributed by atoms with Crippen molar-refractivity contribution in [3.63, 3.8) is 0 Å². The summed E-state index contributed by atoms with van der Waals surface area (Å²) in [6.45, 7) is -0.292. The third-order valence-corrected chi connectivity index (χ3v) is 6.13. The van der Waals surface area contributed by atoms with Crippen LogP contribution in [-0.4, -0.2) is 20.9 Å². The summed E-state index contributed by atoms with van der Waals surface area (Å²) in [7, 11) is -3.87. The van der Waals surface area contributed by atoms with Gasteiger partial charge < -0.3 is 14.8 Å². The van der Waals surface area contributed by atoms with Crippen molar-refractivity contribution in [1.82, 2.24) is 0 Å². The molecule has 178 valence electrons. The molecular formula is C26H21FN2O5S. The maximum absolute atomic E-state index is 13.0. The monoisotopic (exact) mass is 492 g/mol. The van der Waals surface area contributed by atoms with E-state index in [1.165, 1.54) is 36.4 Å². The largest absolute Gasteiger partial charge is 0.484 e. The number of halogens is 1. The van der Waals surface area contributed by atoms with Gasteiger partial charge in [0.1, 0.15) is 17.3 Å². The molecule has 0 spiro atoms. The zero-order chi connectivity index (χ0) is 24.7. The number of para-hydroxylation sites is 3. The molecule has 0 aromatic heterocycles. The lowest BCUT2D eigenvalue weighted by Gasteiger charge is -2.13. The van der Waals surface area contributed by atoms with Crippen LogP contribution in [-0.2, 0) is 14.8 Å². The molecule has 0 aliphatic heterocycles. The molecule has 4 aromatic carbocycles. The Bertz CT molecular complexity index is 1390. The average molecular weight is 493 g/mol. The van der Waals surface area contributed by atoms with E-state index in [0.29, 0.717) is 22.9 Å². The van der Waals surface area contributed by atoms with Gasteiger partial charge in [-0.3, -0.25) is 9.52 Å². The Hall–Kier alpha value is -4.37. The lowest BCUT2D eigenvalue weighted by Crippen LogP contribution is -2.20. The normalized spacial score (nSPS) is 10.9. The second-order valence-electron chi connectivity index (χ2n) is 7.33. The van der Waals surface area contributed by atoms with Crippen LogP contribution < -0.4 is 19.5 Å². The molecule has 0 aliphatic rings. The summed E-state index contributed by atoms with van der Waals surface area (Å²) in [5.41, 5.74) is 0.721. The van der Waals surface area contributed by atoms with Crippen molar-refractivity contribution < 1.29 is 27.1 Å². The van der Waals surface area contributed by atoms with Gasteiger partial charge in [-0.05, 0) is 72.8 Å². The summed E-state index contributed by atoms with van der Waals surface area (Å²) in [5, 5.41) is 2.75. The highest BCUT2D eigenvalue weighted by atomic mass is 32.2. The number of carbonyl (C=O) groups is 1. The minimum Gasteiger partial charge on any atom is -0.484 e. The Labute approximate surface area is 202 Å². The van der Waals surface area contributed by atoms with Crippen molar-refractivity contribution in [3.05, 3.63) is 109 Å². The fraction of sp³-hybridized carbons (Fsp3) is 0.0385. The first-order chi connectivity index (χ1) is 16.9. The number of rotatable bonds is 9. The van der Waals surface area contributed by atoms with E-state index >= 15 is 0 Å². The topological polar surface area (TPSA) is 93.7 Å². The second-order valence-corrected chi connectivity index (χ2v) is 9.01. The smallest absolute Gasteiger partial charge is 0.262 e. The number of hydrogen-bond donors (Lipinski definition) is 2. The summed E-state index contributed by atoms with van der Waals surface area (Å²) >= 11 is 0. The van der Waals surface area contributed by atoms with Gasteiger partial charge in [-0.15, -0.1) is 0 Å². The molecule has 4 rings (SSSR count). The molecule has 0 heterocycles. The molecule has 0 bridgehead atoms. The summed E-state index contributed by atoms with van der Waals surface area (Å²) in [6.07, 6.45) is 0. The highest BCUT2D eigenvalue weighted by Crippen LogP contribution is 2.29. The number of anilines is 2. The molecule has 7 nitrogen and oxygen atoms in total. The van der Waals surface area contributed by atoms with Crippen LogP contribution in [0.2, 0.25) is 0 Å². The van der Waals surface area contributed by atoms with Crippen molar-refractivity contribution in [2.24, 2.45) is 0 Å². The Kier molecular flexibility index (Phi) is 7.27. The van der Waals surface area contributed by atoms with Crippen LogP contribution in [0.15, 0.2) is 108 Å². The van der Waals surface area contributed by atoms with E-state index in [1.807, 2.05) is 18.2 Å². The van der Waals surface area contributed by atoms with E-state index in [1.54, 1.807) is 36.4 Å². The zero-order valence-electron chi connectivity index (χ0n) is 18.3. The Morgan fingerprint density at radius 1 is 0.771 bits per heavy atom. The van der Waals surface area contributed by atoms with Crippen LogP contribution in [0, 0.1) is 5.82 Å². The number of nitrogens with one attached hydrogen (secondary N) is 2. The lowest BCUT2D eigenvalue weighted by atomic mass is 10.3. The van der Waals surface area contributed by atoms with Crippen molar-refractivity contribution in [1.29, 1.82) is 0 Å². The summed E-state index contributed by atoms with van der Waals surface area (Å²) < 4.78 is 51.7. The van der Waals surface area contributed by atoms with Crippen molar-refractivity contribution in [2.45, 2.75) is 4.90 Å². The number of ether oxygens (including phenoxy) is 2. The summed E-state index contributed by atoms with van der Waals surface area (Å²) in [4.78, 5) is 12.4. The van der Waals surface area contributed by atoms with Crippen LogP contribution in [0.1, 0.15) is 0 Å². The number of benzene rings is 4. The van der Waals surface area contributed by atoms with Crippen LogP contribution in [0.25, 0.3) is 0 Å². The Balaban J connectivity index is 1.34. The molecule has 4 aromatic rings. The molecule has 2 N–H and O–H groups in total. The number of carbonyl (C=O) groups excluding carboxylic acids is 1. The molecule has 1 amide bonds. The van der Waals surface area contributed by atoms with E-state index in [2.05, 4.69) is 10.0 Å². The maximum atomic E-state index is 13.0. The second kappa shape index (κ2) is 10.7. The van der Waals surface area contributed by atoms with E-state index in [9.17, 15) is 17.6 Å². The van der Waals surface area contributed by atoms with Crippen LogP contribution in [0.3, 0.4) is 0 Å². The molecule has 9 heteroatoms. The van der Waals surface area contributed by atoms with E-state index in [0.717, 1.165) is 12.1 Å². The first-order valence-electron chi connectivity index (χ1n) is 10.5. The summed E-state index contributed by atoms with van der Waals surface area (Å²) in [5.74, 6) is 0.550. The Morgan fingerprint density at radius 3 is 2.14 bits per heavy atom. The number of amides is 1. The molecule has 0 atom stereocenters. The highest BCUT2D eigenvalue weighted by Gasteiger charge is 2.15. The highest BCUT2D eigenvalue weighted by molar-refractivity contribution is 7.92. The first kappa shape index (κ1) is 23.8. The van der Waals surface area contributed by atoms with Gasteiger partial charge in [0.25, 0.3) is 15.9 Å². The van der Waals surface area contributed by atoms with Crippen molar-refractivity contribution in [3.8, 4) is 17.2 Å². The van der Waals surface area contributed by atoms with Crippen LogP contribution in [0.5, 0.6) is 17.2 Å². The first-order valence-corrected chi connectivity index (χ1v) is 12.0. The fourth-order valence-electron chi connectivity index (χ4n) is 3.06. The fourth-order valence-corrected chi connectivity index (χ4v) is 4.12. The van der Waals surface area contributed by atoms with Crippen molar-refractivity contribution >= 4 is 27.3 Å². The minimum atomic E-state index is -3.87. The van der Waals surface area contributed by atoms with Crippen molar-refractivity contribution in [2.75, 3.05) is 16.6 Å². The van der Waals surface area contributed by atoms with Gasteiger partial charge >= 0.3 is 0 Å². The van der Waals surface area contributed by atoms with Gasteiger partial charge in [-0.1, -0.05) is 30.3 Å². The SMILES string of the molecule is O=C(COc1ccc(S(=O)(=O)Nc2ccc(F)cc2)cc1)Nc1ccccc1Oc1ccccc1. The Morgan fingerprint density at radius 2 is 1.43 bits per heavy atom. The molecule has 0 saturated carbocycles. The van der Waals surface area contributed by atoms with E-state index in [4.69, 9.17) is 9.47 Å². The summed E-state index contributed by atoms with van der Waals surface area (Å²) in [6, 6.07) is 26.8. The maximum Gasteiger partial charge on any atom is 0.262 e. The van der Waals surface area contributed by atoms with E-state index in [-0.39, 0.29) is 17.2 Å². The predicted molar refractivity (Wildman–Crippen MR) is 131 cm³/mol. The molecule has 0 saturated heterocycles. The van der Waals surface area contributed by atoms with Gasteiger partial charge in [0.2, 0.25) is 0 Å². The van der Waals surface area contributed by atoms with Gasteiger partial charge in [-0.25, -0.2) is 12.8 Å². The third-order valence-electron chi connectivity index (χ3n) is 4.73. The van der Waals surface area contributed by atoms with Gasteiger partial charge in [-0.2, -0.15) is 0 Å². The standard InChI is InChI=1S/C26H21FN2O5S/c27-19-10-12-20(13-11-19)29-35(31,32)23-16-14-21(15-17-23)33-18-26(30)28-24-8-4-5-9-25(24)34-22-6-2-1-3-7-22/h1-17,29H,18H2,(H,28,30).